The van der Waals surface area contributed by atoms with Crippen LogP contribution in [0.5, 0.6) is 0 Å². The van der Waals surface area contributed by atoms with Crippen molar-refractivity contribution in [2.75, 3.05) is 0 Å². The van der Waals surface area contributed by atoms with Crippen LogP contribution in [0.4, 0.5) is 0 Å². The zero-order valence-electron chi connectivity index (χ0n) is 9.12. The van der Waals surface area contributed by atoms with Crippen molar-refractivity contribution in [2.45, 2.75) is 25.8 Å². The third-order valence-electron chi connectivity index (χ3n) is 2.15. The van der Waals surface area contributed by atoms with Gasteiger partial charge < -0.3 is 5.32 Å². The molecule has 0 bridgehead atoms. The summed E-state index contributed by atoms with van der Waals surface area (Å²) in [7, 11) is 0. The quantitative estimate of drug-likeness (QED) is 0.794. The van der Waals surface area contributed by atoms with Crippen molar-refractivity contribution in [3.63, 3.8) is 0 Å². The lowest BCUT2D eigenvalue weighted by Gasteiger charge is -2.12. The van der Waals surface area contributed by atoms with Crippen LogP contribution in [0, 0.1) is 0 Å². The van der Waals surface area contributed by atoms with Gasteiger partial charge in [-0.15, -0.1) is 10.2 Å². The zero-order valence-corrected chi connectivity index (χ0v) is 9.94. The second kappa shape index (κ2) is 5.43. The molecule has 0 saturated carbocycles. The Morgan fingerprint density at radius 1 is 1.65 bits per heavy atom. The first-order chi connectivity index (χ1) is 8.31. The van der Waals surface area contributed by atoms with Gasteiger partial charge in [-0.3, -0.25) is 4.79 Å². The molecule has 2 heterocycles. The first kappa shape index (κ1) is 11.6. The summed E-state index contributed by atoms with van der Waals surface area (Å²) < 4.78 is 7.64. The lowest BCUT2D eigenvalue weighted by molar-refractivity contribution is 0.0928. The van der Waals surface area contributed by atoms with E-state index in [4.69, 9.17) is 0 Å². The summed E-state index contributed by atoms with van der Waals surface area (Å²) in [4.78, 5) is 11.8. The number of nitrogens with one attached hydrogen (secondary N) is 2. The lowest BCUT2D eigenvalue weighted by Crippen LogP contribution is -2.29. The van der Waals surface area contributed by atoms with Crippen molar-refractivity contribution < 1.29 is 4.79 Å². The van der Waals surface area contributed by atoms with Gasteiger partial charge >= 0.3 is 0 Å². The van der Waals surface area contributed by atoms with Crippen LogP contribution in [0.3, 0.4) is 0 Å². The fourth-order valence-electron chi connectivity index (χ4n) is 1.37. The topological polar surface area (TPSA) is 109 Å². The van der Waals surface area contributed by atoms with E-state index in [1.54, 1.807) is 0 Å². The average molecular weight is 253 g/mol. The maximum atomic E-state index is 11.8. The summed E-state index contributed by atoms with van der Waals surface area (Å²) in [5.74, 6) is 0.199. The predicted octanol–water partition coefficient (Wildman–Crippen LogP) is 0.322. The van der Waals surface area contributed by atoms with Crippen LogP contribution in [0.15, 0.2) is 6.20 Å². The Labute approximate surface area is 101 Å². The summed E-state index contributed by atoms with van der Waals surface area (Å²) in [6.45, 7) is 2.02. The SMILES string of the molecule is CCC[C@@H](NC(=O)c1cnsn1)c1nn[nH]n1. The second-order valence-electron chi connectivity index (χ2n) is 3.38. The zero-order chi connectivity index (χ0) is 12.1. The highest BCUT2D eigenvalue weighted by Crippen LogP contribution is 2.13. The number of aromatic amines is 1. The van der Waals surface area contributed by atoms with Crippen molar-refractivity contribution >= 4 is 17.6 Å². The van der Waals surface area contributed by atoms with Crippen LogP contribution in [0.1, 0.15) is 42.1 Å². The highest BCUT2D eigenvalue weighted by Gasteiger charge is 2.19. The lowest BCUT2D eigenvalue weighted by atomic mass is 10.1. The molecule has 1 atom stereocenters. The molecule has 0 aliphatic carbocycles. The van der Waals surface area contributed by atoms with E-state index < -0.39 is 0 Å². The first-order valence-corrected chi connectivity index (χ1v) is 5.86. The molecule has 2 rings (SSSR count). The highest BCUT2D eigenvalue weighted by molar-refractivity contribution is 6.99. The molecule has 2 N–H and O–H groups in total. The van der Waals surface area contributed by atoms with Crippen molar-refractivity contribution in [3.05, 3.63) is 17.7 Å². The molecule has 0 saturated heterocycles. The Kier molecular flexibility index (Phi) is 3.70. The number of hydrogen-bond acceptors (Lipinski definition) is 7. The Balaban J connectivity index is 2.06. The molecule has 0 aliphatic heterocycles. The van der Waals surface area contributed by atoms with Crippen LogP contribution < -0.4 is 5.32 Å². The smallest absolute Gasteiger partial charge is 0.273 e. The summed E-state index contributed by atoms with van der Waals surface area (Å²) in [6, 6.07) is -0.257. The van der Waals surface area contributed by atoms with E-state index in [-0.39, 0.29) is 11.9 Å². The third-order valence-corrected chi connectivity index (χ3v) is 2.63. The molecule has 2 aromatic rings. The first-order valence-electron chi connectivity index (χ1n) is 5.13. The van der Waals surface area contributed by atoms with Crippen LogP contribution in [0.25, 0.3) is 0 Å². The molecule has 1 amide bonds. The number of tetrazole rings is 1. The van der Waals surface area contributed by atoms with E-state index in [9.17, 15) is 4.79 Å². The largest absolute Gasteiger partial charge is 0.340 e. The van der Waals surface area contributed by atoms with E-state index in [0.717, 1.165) is 24.6 Å². The fraction of sp³-hybridized carbons (Fsp3) is 0.500. The number of amides is 1. The van der Waals surface area contributed by atoms with Gasteiger partial charge in [-0.25, -0.2) is 0 Å². The molecule has 2 aromatic heterocycles. The molecular weight excluding hydrogens is 242 g/mol. The molecule has 9 heteroatoms. The van der Waals surface area contributed by atoms with Crippen LogP contribution in [0.2, 0.25) is 0 Å². The van der Waals surface area contributed by atoms with Gasteiger partial charge in [-0.1, -0.05) is 18.6 Å². The Hall–Kier alpha value is -1.90. The Bertz CT molecular complexity index is 454. The predicted molar refractivity (Wildman–Crippen MR) is 59.2 cm³/mol. The monoisotopic (exact) mass is 253 g/mol. The number of rotatable bonds is 5. The van der Waals surface area contributed by atoms with E-state index in [2.05, 4.69) is 34.7 Å². The van der Waals surface area contributed by atoms with Crippen LogP contribution in [-0.2, 0) is 0 Å². The minimum atomic E-state index is -0.276. The van der Waals surface area contributed by atoms with E-state index in [1.165, 1.54) is 6.20 Å². The van der Waals surface area contributed by atoms with Gasteiger partial charge in [0.1, 0.15) is 0 Å². The average Bonchev–Trinajstić information content (AvgIpc) is 3.01. The molecule has 0 fully saturated rings. The number of aromatic nitrogens is 6. The number of carbonyl (C=O) groups excluding carboxylic acids is 1. The van der Waals surface area contributed by atoms with Crippen LogP contribution in [-0.4, -0.2) is 35.3 Å². The molecule has 0 radical (unpaired) electrons. The number of carbonyl (C=O) groups is 1. The van der Waals surface area contributed by atoms with E-state index in [1.807, 2.05) is 6.92 Å². The fourth-order valence-corrected chi connectivity index (χ4v) is 1.78. The number of hydrogen-bond donors (Lipinski definition) is 2. The van der Waals surface area contributed by atoms with Crippen molar-refractivity contribution in [2.24, 2.45) is 0 Å². The Morgan fingerprint density at radius 3 is 3.12 bits per heavy atom. The molecule has 0 unspecified atom stereocenters. The molecular formula is C8H11N7OS. The van der Waals surface area contributed by atoms with Crippen molar-refractivity contribution in [1.82, 2.24) is 34.7 Å². The summed E-state index contributed by atoms with van der Waals surface area (Å²) in [6.07, 6.45) is 3.07. The minimum Gasteiger partial charge on any atom is -0.340 e. The second-order valence-corrected chi connectivity index (χ2v) is 3.93. The van der Waals surface area contributed by atoms with Gasteiger partial charge in [-0.2, -0.15) is 14.0 Å². The number of H-pyrrole nitrogens is 1. The highest BCUT2D eigenvalue weighted by atomic mass is 32.1. The Morgan fingerprint density at radius 2 is 2.53 bits per heavy atom. The van der Waals surface area contributed by atoms with Crippen molar-refractivity contribution in [3.8, 4) is 0 Å². The van der Waals surface area contributed by atoms with Crippen LogP contribution >= 0.6 is 11.7 Å². The van der Waals surface area contributed by atoms with Gasteiger partial charge in [0.15, 0.2) is 11.5 Å². The van der Waals surface area contributed by atoms with Crippen molar-refractivity contribution in [1.29, 1.82) is 0 Å². The van der Waals surface area contributed by atoms with E-state index in [0.29, 0.717) is 11.5 Å². The number of nitrogens with zero attached hydrogens (tertiary/aromatic N) is 5. The van der Waals surface area contributed by atoms with E-state index >= 15 is 0 Å². The van der Waals surface area contributed by atoms with Gasteiger partial charge in [0, 0.05) is 0 Å². The molecule has 8 nitrogen and oxygen atoms in total. The van der Waals surface area contributed by atoms with Gasteiger partial charge in [0.25, 0.3) is 5.91 Å². The molecule has 17 heavy (non-hydrogen) atoms. The molecule has 0 aromatic carbocycles. The van der Waals surface area contributed by atoms with Gasteiger partial charge in [0.05, 0.1) is 24.0 Å². The summed E-state index contributed by atoms with van der Waals surface area (Å²) in [5.41, 5.74) is 0.305. The summed E-state index contributed by atoms with van der Waals surface area (Å²) in [5, 5.41) is 16.4. The maximum Gasteiger partial charge on any atom is 0.273 e. The molecule has 90 valence electrons. The normalized spacial score (nSPS) is 12.3. The van der Waals surface area contributed by atoms with Gasteiger partial charge in [0.2, 0.25) is 0 Å². The molecule has 0 spiro atoms. The molecule has 0 aliphatic rings. The minimum absolute atomic E-state index is 0.257. The van der Waals surface area contributed by atoms with Gasteiger partial charge in [-0.05, 0) is 6.42 Å². The maximum absolute atomic E-state index is 11.8. The third kappa shape index (κ3) is 2.81. The standard InChI is InChI=1S/C8H11N7OS/c1-2-3-5(7-11-14-15-12-7)10-8(16)6-4-9-17-13-6/h4-5H,2-3H2,1H3,(H,10,16)(H,11,12,14,15)/t5-/m1/s1. The summed E-state index contributed by atoms with van der Waals surface area (Å²) >= 11 is 0.995.